The lowest BCUT2D eigenvalue weighted by Crippen LogP contribution is -2.36. The molecule has 2 fully saturated rings. The van der Waals surface area contributed by atoms with Crippen molar-refractivity contribution in [2.45, 2.75) is 55.8 Å². The predicted octanol–water partition coefficient (Wildman–Crippen LogP) is 2.49. The van der Waals surface area contributed by atoms with Gasteiger partial charge >= 0.3 is 0 Å². The summed E-state index contributed by atoms with van der Waals surface area (Å²) in [4.78, 5) is 4.66. The maximum Gasteiger partial charge on any atom is 0.247 e. The van der Waals surface area contributed by atoms with Gasteiger partial charge < -0.3 is 14.0 Å². The SMILES string of the molecule is COCC1(c2noc(C3(C#N)CCOCC3)n2)CCCCC1. The van der Waals surface area contributed by atoms with Crippen LogP contribution in [0, 0.1) is 11.3 Å². The van der Waals surface area contributed by atoms with Crippen LogP contribution in [-0.2, 0) is 20.3 Å². The highest BCUT2D eigenvalue weighted by Gasteiger charge is 2.44. The molecule has 1 saturated heterocycles. The third-order valence-corrected chi connectivity index (χ3v) is 5.10. The van der Waals surface area contributed by atoms with Crippen LogP contribution in [0.15, 0.2) is 4.52 Å². The molecule has 0 N–H and O–H groups in total. The smallest absolute Gasteiger partial charge is 0.247 e. The fourth-order valence-corrected chi connectivity index (χ4v) is 3.66. The van der Waals surface area contributed by atoms with Gasteiger partial charge in [-0.3, -0.25) is 0 Å². The molecule has 1 aromatic rings. The van der Waals surface area contributed by atoms with E-state index in [1.165, 1.54) is 6.42 Å². The Hall–Kier alpha value is -1.45. The fourth-order valence-electron chi connectivity index (χ4n) is 3.66. The molecule has 1 aliphatic carbocycles. The van der Waals surface area contributed by atoms with Crippen molar-refractivity contribution >= 4 is 0 Å². The summed E-state index contributed by atoms with van der Waals surface area (Å²) in [6, 6.07) is 2.39. The Bertz CT molecular complexity index is 532. The second-order valence-electron chi connectivity index (χ2n) is 6.50. The topological polar surface area (TPSA) is 81.2 Å². The first-order chi connectivity index (χ1) is 10.7. The van der Waals surface area contributed by atoms with Crippen molar-refractivity contribution in [3.8, 4) is 6.07 Å². The van der Waals surface area contributed by atoms with Gasteiger partial charge in [0.05, 0.1) is 18.1 Å². The standard InChI is InChI=1S/C16H23N3O3/c1-20-12-16(5-3-2-4-6-16)13-18-14(22-19-13)15(11-17)7-9-21-10-8-15/h2-10,12H2,1H3. The number of nitriles is 1. The van der Waals surface area contributed by atoms with Crippen molar-refractivity contribution in [1.82, 2.24) is 10.1 Å². The predicted molar refractivity (Wildman–Crippen MR) is 78.3 cm³/mol. The van der Waals surface area contributed by atoms with Crippen molar-refractivity contribution in [3.63, 3.8) is 0 Å². The van der Waals surface area contributed by atoms with Crippen molar-refractivity contribution in [2.75, 3.05) is 26.9 Å². The third-order valence-electron chi connectivity index (χ3n) is 5.10. The zero-order chi connectivity index (χ0) is 15.5. The number of nitrogens with zero attached hydrogens (tertiary/aromatic N) is 3. The maximum absolute atomic E-state index is 9.62. The molecule has 6 nitrogen and oxygen atoms in total. The van der Waals surface area contributed by atoms with E-state index in [1.54, 1.807) is 7.11 Å². The number of hydrogen-bond donors (Lipinski definition) is 0. The van der Waals surface area contributed by atoms with Gasteiger partial charge in [0.25, 0.3) is 0 Å². The highest BCUT2D eigenvalue weighted by molar-refractivity contribution is 5.21. The molecule has 0 aromatic carbocycles. The van der Waals surface area contributed by atoms with Gasteiger partial charge in [0, 0.05) is 20.3 Å². The maximum atomic E-state index is 9.62. The van der Waals surface area contributed by atoms with Gasteiger partial charge in [-0.05, 0) is 25.7 Å². The Labute approximate surface area is 130 Å². The molecule has 2 heterocycles. The molecular formula is C16H23N3O3. The first-order valence-corrected chi connectivity index (χ1v) is 8.07. The first-order valence-electron chi connectivity index (χ1n) is 8.07. The number of methoxy groups -OCH3 is 1. The zero-order valence-corrected chi connectivity index (χ0v) is 13.1. The Balaban J connectivity index is 1.90. The lowest BCUT2D eigenvalue weighted by Gasteiger charge is -2.33. The number of ether oxygens (including phenoxy) is 2. The monoisotopic (exact) mass is 305 g/mol. The van der Waals surface area contributed by atoms with Crippen LogP contribution in [0.4, 0.5) is 0 Å². The molecule has 0 amide bonds. The Kier molecular flexibility index (Phi) is 4.46. The van der Waals surface area contributed by atoms with Crippen molar-refractivity contribution in [2.24, 2.45) is 0 Å². The normalized spacial score (nSPS) is 23.8. The summed E-state index contributed by atoms with van der Waals surface area (Å²) in [7, 11) is 1.71. The van der Waals surface area contributed by atoms with Crippen LogP contribution in [0.3, 0.4) is 0 Å². The lowest BCUT2D eigenvalue weighted by molar-refractivity contribution is 0.0574. The van der Waals surface area contributed by atoms with Gasteiger partial charge in [0.2, 0.25) is 5.89 Å². The van der Waals surface area contributed by atoms with Crippen LogP contribution < -0.4 is 0 Å². The second kappa shape index (κ2) is 6.35. The van der Waals surface area contributed by atoms with Gasteiger partial charge in [-0.2, -0.15) is 10.2 Å². The van der Waals surface area contributed by atoms with Gasteiger partial charge in [0.1, 0.15) is 5.41 Å². The van der Waals surface area contributed by atoms with Crippen molar-refractivity contribution in [1.29, 1.82) is 5.26 Å². The summed E-state index contributed by atoms with van der Waals surface area (Å²) in [6.45, 7) is 1.73. The highest BCUT2D eigenvalue weighted by atomic mass is 16.5. The molecule has 2 aliphatic rings. The van der Waals surface area contributed by atoms with Crippen molar-refractivity contribution in [3.05, 3.63) is 11.7 Å². The van der Waals surface area contributed by atoms with E-state index in [0.29, 0.717) is 44.4 Å². The number of aromatic nitrogens is 2. The molecule has 22 heavy (non-hydrogen) atoms. The van der Waals surface area contributed by atoms with Crippen LogP contribution in [0.1, 0.15) is 56.7 Å². The molecule has 0 unspecified atom stereocenters. The van der Waals surface area contributed by atoms with Crippen LogP contribution in [0.5, 0.6) is 0 Å². The summed E-state index contributed by atoms with van der Waals surface area (Å²) in [5.74, 6) is 1.17. The molecule has 0 bridgehead atoms. The molecule has 1 aliphatic heterocycles. The average Bonchev–Trinajstić information content (AvgIpc) is 3.08. The molecular weight excluding hydrogens is 282 g/mol. The molecule has 6 heteroatoms. The van der Waals surface area contributed by atoms with E-state index in [9.17, 15) is 5.26 Å². The summed E-state index contributed by atoms with van der Waals surface area (Å²) < 4.78 is 16.3. The van der Waals surface area contributed by atoms with Gasteiger partial charge in [-0.25, -0.2) is 0 Å². The molecule has 1 saturated carbocycles. The number of hydrogen-bond acceptors (Lipinski definition) is 6. The summed E-state index contributed by atoms with van der Waals surface area (Å²) in [6.07, 6.45) is 6.82. The van der Waals surface area contributed by atoms with E-state index >= 15 is 0 Å². The minimum atomic E-state index is -0.688. The first kappa shape index (κ1) is 15.4. The molecule has 1 aromatic heterocycles. The van der Waals surface area contributed by atoms with Crippen LogP contribution in [-0.4, -0.2) is 37.1 Å². The van der Waals surface area contributed by atoms with E-state index in [4.69, 9.17) is 14.0 Å². The third kappa shape index (κ3) is 2.64. The van der Waals surface area contributed by atoms with E-state index in [1.807, 2.05) is 0 Å². The Morgan fingerprint density at radius 2 is 1.91 bits per heavy atom. The second-order valence-corrected chi connectivity index (χ2v) is 6.50. The van der Waals surface area contributed by atoms with E-state index in [0.717, 1.165) is 25.7 Å². The highest BCUT2D eigenvalue weighted by Crippen LogP contribution is 2.40. The van der Waals surface area contributed by atoms with Gasteiger partial charge in [0.15, 0.2) is 5.82 Å². The number of rotatable bonds is 4. The summed E-state index contributed by atoms with van der Waals surface area (Å²) in [5, 5.41) is 13.9. The van der Waals surface area contributed by atoms with Gasteiger partial charge in [-0.1, -0.05) is 24.4 Å². The summed E-state index contributed by atoms with van der Waals surface area (Å²) in [5.41, 5.74) is -0.844. The van der Waals surface area contributed by atoms with Crippen LogP contribution >= 0.6 is 0 Å². The summed E-state index contributed by atoms with van der Waals surface area (Å²) >= 11 is 0. The molecule has 120 valence electrons. The quantitative estimate of drug-likeness (QED) is 0.850. The fraction of sp³-hybridized carbons (Fsp3) is 0.812. The minimum Gasteiger partial charge on any atom is -0.384 e. The molecule has 0 spiro atoms. The van der Waals surface area contributed by atoms with Crippen LogP contribution in [0.25, 0.3) is 0 Å². The van der Waals surface area contributed by atoms with E-state index < -0.39 is 5.41 Å². The molecule has 3 rings (SSSR count). The van der Waals surface area contributed by atoms with Crippen LogP contribution in [0.2, 0.25) is 0 Å². The van der Waals surface area contributed by atoms with Crippen molar-refractivity contribution < 1.29 is 14.0 Å². The van der Waals surface area contributed by atoms with E-state index in [2.05, 4.69) is 16.2 Å². The largest absolute Gasteiger partial charge is 0.384 e. The van der Waals surface area contributed by atoms with E-state index in [-0.39, 0.29) is 5.41 Å². The Morgan fingerprint density at radius 3 is 2.55 bits per heavy atom. The average molecular weight is 305 g/mol. The molecule has 0 atom stereocenters. The Morgan fingerprint density at radius 1 is 1.18 bits per heavy atom. The van der Waals surface area contributed by atoms with Gasteiger partial charge in [-0.15, -0.1) is 0 Å². The minimum absolute atomic E-state index is 0.156. The lowest BCUT2D eigenvalue weighted by atomic mass is 9.74. The zero-order valence-electron chi connectivity index (χ0n) is 13.1. The molecule has 0 radical (unpaired) electrons.